The number of hydrogen-bond acceptors (Lipinski definition) is 3. The molecule has 0 aliphatic rings. The maximum Gasteiger partial charge on any atom is 0.224 e. The third-order valence-corrected chi connectivity index (χ3v) is 3.36. The van der Waals surface area contributed by atoms with Gasteiger partial charge in [0, 0.05) is 12.6 Å². The molecule has 4 heteroatoms. The smallest absolute Gasteiger partial charge is 0.224 e. The van der Waals surface area contributed by atoms with Crippen LogP contribution in [-0.4, -0.2) is 23.6 Å². The number of phenols is 1. The van der Waals surface area contributed by atoms with E-state index in [2.05, 4.69) is 12.2 Å². The van der Waals surface area contributed by atoms with Crippen LogP contribution in [0.3, 0.4) is 0 Å². The van der Waals surface area contributed by atoms with Crippen molar-refractivity contribution in [1.82, 2.24) is 5.32 Å². The Morgan fingerprint density at radius 2 is 1.95 bits per heavy atom. The molecule has 0 saturated heterocycles. The van der Waals surface area contributed by atoms with E-state index in [0.29, 0.717) is 12.6 Å². The highest BCUT2D eigenvalue weighted by atomic mass is 16.3. The molecule has 0 aromatic heterocycles. The van der Waals surface area contributed by atoms with Crippen molar-refractivity contribution < 1.29 is 9.90 Å². The van der Waals surface area contributed by atoms with Gasteiger partial charge in [0.25, 0.3) is 0 Å². The van der Waals surface area contributed by atoms with Gasteiger partial charge in [-0.2, -0.15) is 0 Å². The lowest BCUT2D eigenvalue weighted by atomic mass is 9.92. The van der Waals surface area contributed by atoms with Crippen molar-refractivity contribution >= 4 is 5.91 Å². The zero-order valence-corrected chi connectivity index (χ0v) is 11.9. The first-order valence-electron chi connectivity index (χ1n) is 6.62. The molecule has 0 spiro atoms. The molecule has 0 heterocycles. The van der Waals surface area contributed by atoms with Crippen LogP contribution >= 0.6 is 0 Å². The number of amides is 1. The van der Waals surface area contributed by atoms with Crippen LogP contribution in [0.5, 0.6) is 5.75 Å². The van der Waals surface area contributed by atoms with Gasteiger partial charge in [-0.15, -0.1) is 0 Å². The summed E-state index contributed by atoms with van der Waals surface area (Å²) >= 11 is 0. The number of nitrogens with one attached hydrogen (secondary N) is 1. The Morgan fingerprint density at radius 1 is 1.37 bits per heavy atom. The Bertz CT molecular complexity index is 413. The number of aryl methyl sites for hydroxylation is 1. The van der Waals surface area contributed by atoms with Crippen molar-refractivity contribution in [2.45, 2.75) is 39.7 Å². The number of rotatable bonds is 7. The van der Waals surface area contributed by atoms with Gasteiger partial charge in [0.1, 0.15) is 5.75 Å². The molecule has 4 nitrogen and oxygen atoms in total. The normalized spacial score (nSPS) is 13.2. The second-order valence-corrected chi connectivity index (χ2v) is 5.74. The number of carbonyl (C=O) groups excluding carboxylic acids is 1. The summed E-state index contributed by atoms with van der Waals surface area (Å²) in [4.78, 5) is 11.2. The summed E-state index contributed by atoms with van der Waals surface area (Å²) in [6.07, 6.45) is 1.91. The standard InChI is InChI=1S/C15H24N2O2/c1-11(17-10-15(2,3)14(16)19)4-5-12-6-8-13(18)9-7-12/h6-9,11,17-18H,4-5,10H2,1-3H3,(H2,16,19). The number of carbonyl (C=O) groups is 1. The molecular formula is C15H24N2O2. The van der Waals surface area contributed by atoms with Crippen LogP contribution in [0, 0.1) is 5.41 Å². The van der Waals surface area contributed by atoms with Gasteiger partial charge in [0.2, 0.25) is 5.91 Å². The number of primary amides is 1. The Labute approximate surface area is 115 Å². The van der Waals surface area contributed by atoms with Crippen molar-refractivity contribution in [2.24, 2.45) is 11.1 Å². The molecule has 0 radical (unpaired) electrons. The van der Waals surface area contributed by atoms with Gasteiger partial charge in [-0.1, -0.05) is 12.1 Å². The van der Waals surface area contributed by atoms with E-state index in [1.165, 1.54) is 5.56 Å². The van der Waals surface area contributed by atoms with Crippen LogP contribution in [0.2, 0.25) is 0 Å². The minimum Gasteiger partial charge on any atom is -0.508 e. The molecule has 0 aliphatic heterocycles. The number of hydrogen-bond donors (Lipinski definition) is 3. The monoisotopic (exact) mass is 264 g/mol. The maximum absolute atomic E-state index is 11.2. The summed E-state index contributed by atoms with van der Waals surface area (Å²) < 4.78 is 0. The van der Waals surface area contributed by atoms with Crippen LogP contribution in [0.15, 0.2) is 24.3 Å². The van der Waals surface area contributed by atoms with E-state index in [9.17, 15) is 9.90 Å². The first kappa shape index (κ1) is 15.5. The Hall–Kier alpha value is -1.55. The van der Waals surface area contributed by atoms with Gasteiger partial charge < -0.3 is 16.2 Å². The molecule has 1 atom stereocenters. The second-order valence-electron chi connectivity index (χ2n) is 5.74. The molecule has 19 heavy (non-hydrogen) atoms. The second kappa shape index (κ2) is 6.57. The van der Waals surface area contributed by atoms with E-state index in [1.54, 1.807) is 12.1 Å². The summed E-state index contributed by atoms with van der Waals surface area (Å²) in [5.41, 5.74) is 6.01. The van der Waals surface area contributed by atoms with Crippen molar-refractivity contribution in [3.63, 3.8) is 0 Å². The molecule has 1 rings (SSSR count). The van der Waals surface area contributed by atoms with Crippen LogP contribution < -0.4 is 11.1 Å². The largest absolute Gasteiger partial charge is 0.508 e. The number of aromatic hydroxyl groups is 1. The minimum atomic E-state index is -0.521. The topological polar surface area (TPSA) is 75.3 Å². The third-order valence-electron chi connectivity index (χ3n) is 3.36. The van der Waals surface area contributed by atoms with E-state index < -0.39 is 5.41 Å². The fourth-order valence-electron chi connectivity index (χ4n) is 1.66. The predicted molar refractivity (Wildman–Crippen MR) is 76.9 cm³/mol. The Morgan fingerprint density at radius 3 is 2.47 bits per heavy atom. The quantitative estimate of drug-likeness (QED) is 0.703. The molecule has 0 fully saturated rings. The highest BCUT2D eigenvalue weighted by Gasteiger charge is 2.24. The summed E-state index contributed by atoms with van der Waals surface area (Å²) in [5, 5.41) is 12.5. The first-order chi connectivity index (χ1) is 8.81. The van der Waals surface area contributed by atoms with Crippen molar-refractivity contribution in [3.8, 4) is 5.75 Å². The van der Waals surface area contributed by atoms with Gasteiger partial charge in [0.05, 0.1) is 5.41 Å². The first-order valence-corrected chi connectivity index (χ1v) is 6.62. The van der Waals surface area contributed by atoms with Crippen molar-refractivity contribution in [3.05, 3.63) is 29.8 Å². The van der Waals surface area contributed by atoms with Gasteiger partial charge in [-0.05, 0) is 51.3 Å². The number of benzene rings is 1. The van der Waals surface area contributed by atoms with Gasteiger partial charge >= 0.3 is 0 Å². The molecule has 1 unspecified atom stereocenters. The molecule has 1 aromatic rings. The maximum atomic E-state index is 11.2. The van der Waals surface area contributed by atoms with Crippen molar-refractivity contribution in [2.75, 3.05) is 6.54 Å². The third kappa shape index (κ3) is 5.30. The summed E-state index contributed by atoms with van der Waals surface area (Å²) in [6, 6.07) is 7.56. The average molecular weight is 264 g/mol. The molecule has 1 amide bonds. The zero-order valence-electron chi connectivity index (χ0n) is 11.9. The van der Waals surface area contributed by atoms with Gasteiger partial charge in [-0.25, -0.2) is 0 Å². The summed E-state index contributed by atoms with van der Waals surface area (Å²) in [6.45, 7) is 6.36. The number of nitrogens with two attached hydrogens (primary N) is 1. The summed E-state index contributed by atoms with van der Waals surface area (Å²) in [5.74, 6) is 0.00358. The molecule has 106 valence electrons. The molecule has 1 aromatic carbocycles. The van der Waals surface area contributed by atoms with E-state index in [4.69, 9.17) is 5.73 Å². The molecule has 0 aliphatic carbocycles. The zero-order chi connectivity index (χ0) is 14.5. The Kier molecular flexibility index (Phi) is 5.36. The highest BCUT2D eigenvalue weighted by molar-refractivity contribution is 5.80. The average Bonchev–Trinajstić information content (AvgIpc) is 2.35. The lowest BCUT2D eigenvalue weighted by Gasteiger charge is -2.24. The van der Waals surface area contributed by atoms with E-state index in [0.717, 1.165) is 12.8 Å². The van der Waals surface area contributed by atoms with Crippen molar-refractivity contribution in [1.29, 1.82) is 0 Å². The SMILES string of the molecule is CC(CCc1ccc(O)cc1)NCC(C)(C)C(N)=O. The molecule has 0 bridgehead atoms. The molecular weight excluding hydrogens is 240 g/mol. The van der Waals surface area contributed by atoms with Crippen LogP contribution in [0.1, 0.15) is 32.8 Å². The van der Waals surface area contributed by atoms with E-state index in [1.807, 2.05) is 26.0 Å². The predicted octanol–water partition coefficient (Wildman–Crippen LogP) is 1.81. The molecule has 0 saturated carbocycles. The van der Waals surface area contributed by atoms with Crippen LogP contribution in [0.25, 0.3) is 0 Å². The van der Waals surface area contributed by atoms with E-state index in [-0.39, 0.29) is 11.7 Å². The fourth-order valence-corrected chi connectivity index (χ4v) is 1.66. The van der Waals surface area contributed by atoms with E-state index >= 15 is 0 Å². The van der Waals surface area contributed by atoms with Crippen LogP contribution in [-0.2, 0) is 11.2 Å². The lowest BCUT2D eigenvalue weighted by Crippen LogP contribution is -2.43. The number of phenolic OH excluding ortho intramolecular Hbond substituents is 1. The molecule has 4 N–H and O–H groups in total. The van der Waals surface area contributed by atoms with Gasteiger partial charge in [0.15, 0.2) is 0 Å². The fraction of sp³-hybridized carbons (Fsp3) is 0.533. The Balaban J connectivity index is 2.34. The van der Waals surface area contributed by atoms with Crippen LogP contribution in [0.4, 0.5) is 0 Å². The summed E-state index contributed by atoms with van der Waals surface area (Å²) in [7, 11) is 0. The lowest BCUT2D eigenvalue weighted by molar-refractivity contribution is -0.125. The minimum absolute atomic E-state index is 0.286. The van der Waals surface area contributed by atoms with Gasteiger partial charge in [-0.3, -0.25) is 4.79 Å². The highest BCUT2D eigenvalue weighted by Crippen LogP contribution is 2.14.